The van der Waals surface area contributed by atoms with Crippen molar-refractivity contribution < 1.29 is 13.9 Å². The van der Waals surface area contributed by atoms with Gasteiger partial charge in [-0.15, -0.1) is 0 Å². The van der Waals surface area contributed by atoms with E-state index < -0.39 is 5.97 Å². The number of benzene rings is 3. The lowest BCUT2D eigenvalue weighted by Crippen LogP contribution is -2.20. The maximum atomic E-state index is 13.3. The molecule has 34 heavy (non-hydrogen) atoms. The Morgan fingerprint density at radius 3 is 2.50 bits per heavy atom. The number of hydrogen-bond acceptors (Lipinski definition) is 6. The molecule has 0 spiro atoms. The van der Waals surface area contributed by atoms with Crippen molar-refractivity contribution in [2.24, 2.45) is 5.10 Å². The summed E-state index contributed by atoms with van der Waals surface area (Å²) in [6, 6.07) is 27.0. The number of fused-ring (bicyclic) bond motifs is 1. The largest absolute Gasteiger partial charge is 0.465 e. The molecule has 7 heteroatoms. The van der Waals surface area contributed by atoms with Crippen molar-refractivity contribution in [1.29, 1.82) is 0 Å². The van der Waals surface area contributed by atoms with E-state index in [9.17, 15) is 9.59 Å². The summed E-state index contributed by atoms with van der Waals surface area (Å²) in [5, 5.41) is 4.88. The van der Waals surface area contributed by atoms with Crippen molar-refractivity contribution >= 4 is 23.1 Å². The quantitative estimate of drug-likeness (QED) is 0.279. The Morgan fingerprint density at radius 2 is 1.68 bits per heavy atom. The first-order valence-electron chi connectivity index (χ1n) is 10.5. The lowest BCUT2D eigenvalue weighted by atomic mass is 10.1. The number of para-hydroxylation sites is 1. The Bertz CT molecular complexity index is 1580. The van der Waals surface area contributed by atoms with Crippen LogP contribution in [0.25, 0.3) is 33.6 Å². The molecule has 0 radical (unpaired) electrons. The molecule has 5 aromatic rings. The predicted molar refractivity (Wildman–Crippen MR) is 130 cm³/mol. The Hall–Kier alpha value is -4.78. The smallest absolute Gasteiger partial charge is 0.338 e. The molecule has 166 valence electrons. The molecule has 7 nitrogen and oxygen atoms in total. The van der Waals surface area contributed by atoms with E-state index in [1.165, 1.54) is 18.0 Å². The van der Waals surface area contributed by atoms with Crippen molar-refractivity contribution in [2.75, 3.05) is 7.11 Å². The molecule has 0 saturated carbocycles. The van der Waals surface area contributed by atoms with Gasteiger partial charge in [-0.25, -0.2) is 9.78 Å². The number of ether oxygens (including phenoxy) is 1. The fourth-order valence-electron chi connectivity index (χ4n) is 3.67. The van der Waals surface area contributed by atoms with Crippen molar-refractivity contribution in [3.05, 3.63) is 113 Å². The van der Waals surface area contributed by atoms with Crippen LogP contribution in [-0.2, 0) is 4.74 Å². The van der Waals surface area contributed by atoms with Crippen molar-refractivity contribution in [3.63, 3.8) is 0 Å². The molecule has 0 aliphatic rings. The highest BCUT2D eigenvalue weighted by Gasteiger charge is 2.16. The van der Waals surface area contributed by atoms with Crippen LogP contribution >= 0.6 is 0 Å². The molecular formula is C27H19N3O4. The van der Waals surface area contributed by atoms with Gasteiger partial charge in [0.25, 0.3) is 5.56 Å². The minimum atomic E-state index is -0.455. The number of rotatable bonds is 5. The van der Waals surface area contributed by atoms with Crippen LogP contribution in [0.15, 0.2) is 105 Å². The molecule has 2 aromatic heterocycles. The van der Waals surface area contributed by atoms with Gasteiger partial charge in [0.05, 0.1) is 29.8 Å². The molecular weight excluding hydrogens is 430 g/mol. The van der Waals surface area contributed by atoms with Gasteiger partial charge < -0.3 is 9.15 Å². The zero-order chi connectivity index (χ0) is 23.5. The van der Waals surface area contributed by atoms with Gasteiger partial charge in [-0.3, -0.25) is 4.79 Å². The second-order valence-electron chi connectivity index (χ2n) is 7.42. The van der Waals surface area contributed by atoms with E-state index >= 15 is 0 Å². The molecule has 0 N–H and O–H groups in total. The van der Waals surface area contributed by atoms with Crippen LogP contribution in [0, 0.1) is 0 Å². The van der Waals surface area contributed by atoms with Gasteiger partial charge in [-0.2, -0.15) is 9.78 Å². The van der Waals surface area contributed by atoms with Crippen LogP contribution in [0.4, 0.5) is 0 Å². The third-order valence-corrected chi connectivity index (χ3v) is 5.31. The molecule has 0 bridgehead atoms. The standard InChI is InChI=1S/C27H19N3O4/c1-33-27(32)21-12-6-5-11-20(21)24-16-15-19(34-24)17-28-30-25(18-9-3-2-4-10-18)29-23-14-8-7-13-22(23)26(30)31/h2-17H,1H3. The zero-order valence-corrected chi connectivity index (χ0v) is 18.2. The third kappa shape index (κ3) is 3.91. The van der Waals surface area contributed by atoms with E-state index in [4.69, 9.17) is 9.15 Å². The molecule has 0 atom stereocenters. The number of carbonyl (C=O) groups excluding carboxylic acids is 1. The number of hydrogen-bond donors (Lipinski definition) is 0. The van der Waals surface area contributed by atoms with Crippen LogP contribution in [0.1, 0.15) is 16.1 Å². The highest BCUT2D eigenvalue weighted by atomic mass is 16.5. The van der Waals surface area contributed by atoms with Gasteiger partial charge in [-0.05, 0) is 30.3 Å². The topological polar surface area (TPSA) is 86.7 Å². The monoisotopic (exact) mass is 449 g/mol. The normalized spacial score (nSPS) is 11.2. The Morgan fingerprint density at radius 1 is 0.941 bits per heavy atom. The summed E-state index contributed by atoms with van der Waals surface area (Å²) in [6.07, 6.45) is 1.45. The fourth-order valence-corrected chi connectivity index (χ4v) is 3.67. The van der Waals surface area contributed by atoms with Gasteiger partial charge in [0, 0.05) is 11.1 Å². The number of methoxy groups -OCH3 is 1. The Labute approximate surface area is 194 Å². The lowest BCUT2D eigenvalue weighted by Gasteiger charge is -2.09. The summed E-state index contributed by atoms with van der Waals surface area (Å²) in [7, 11) is 1.33. The lowest BCUT2D eigenvalue weighted by molar-refractivity contribution is 0.0601. The van der Waals surface area contributed by atoms with E-state index in [-0.39, 0.29) is 5.56 Å². The Balaban J connectivity index is 1.58. The van der Waals surface area contributed by atoms with Crippen molar-refractivity contribution in [1.82, 2.24) is 9.66 Å². The molecule has 0 amide bonds. The first-order chi connectivity index (χ1) is 16.7. The summed E-state index contributed by atoms with van der Waals surface area (Å²) >= 11 is 0. The van der Waals surface area contributed by atoms with Gasteiger partial charge in [0.2, 0.25) is 0 Å². The first kappa shape index (κ1) is 21.1. The minimum absolute atomic E-state index is 0.288. The maximum absolute atomic E-state index is 13.3. The maximum Gasteiger partial charge on any atom is 0.338 e. The molecule has 0 fully saturated rings. The molecule has 3 aromatic carbocycles. The predicted octanol–water partition coefficient (Wildman–Crippen LogP) is 4.99. The van der Waals surface area contributed by atoms with Crippen LogP contribution in [-0.4, -0.2) is 29.0 Å². The number of carbonyl (C=O) groups is 1. The Kier molecular flexibility index (Phi) is 5.58. The summed E-state index contributed by atoms with van der Waals surface area (Å²) in [5.74, 6) is 0.857. The third-order valence-electron chi connectivity index (χ3n) is 5.31. The first-order valence-corrected chi connectivity index (χ1v) is 10.5. The molecule has 0 aliphatic carbocycles. The SMILES string of the molecule is COC(=O)c1ccccc1-c1ccc(C=Nn2c(-c3ccccc3)nc3ccccc3c2=O)o1. The number of aromatic nitrogens is 2. The molecule has 0 saturated heterocycles. The van der Waals surface area contributed by atoms with Gasteiger partial charge in [0.1, 0.15) is 11.5 Å². The van der Waals surface area contributed by atoms with Crippen molar-refractivity contribution in [2.45, 2.75) is 0 Å². The minimum Gasteiger partial charge on any atom is -0.465 e. The van der Waals surface area contributed by atoms with E-state index in [0.29, 0.717) is 39.4 Å². The van der Waals surface area contributed by atoms with Gasteiger partial charge in [-0.1, -0.05) is 60.7 Å². The second kappa shape index (κ2) is 8.99. The summed E-state index contributed by atoms with van der Waals surface area (Å²) in [6.45, 7) is 0. The highest BCUT2D eigenvalue weighted by Crippen LogP contribution is 2.26. The van der Waals surface area contributed by atoms with E-state index in [1.54, 1.807) is 48.5 Å². The van der Waals surface area contributed by atoms with Crippen LogP contribution in [0.5, 0.6) is 0 Å². The van der Waals surface area contributed by atoms with Gasteiger partial charge in [0.15, 0.2) is 5.82 Å². The van der Waals surface area contributed by atoms with E-state index in [0.717, 1.165) is 5.56 Å². The van der Waals surface area contributed by atoms with Crippen molar-refractivity contribution in [3.8, 4) is 22.7 Å². The average molecular weight is 449 g/mol. The molecule has 2 heterocycles. The van der Waals surface area contributed by atoms with Crippen LogP contribution in [0.3, 0.4) is 0 Å². The van der Waals surface area contributed by atoms with E-state index in [1.807, 2.05) is 42.5 Å². The number of nitrogens with zero attached hydrogens (tertiary/aromatic N) is 3. The highest BCUT2D eigenvalue weighted by molar-refractivity contribution is 5.96. The zero-order valence-electron chi connectivity index (χ0n) is 18.2. The molecule has 0 aliphatic heterocycles. The molecule has 0 unspecified atom stereocenters. The fraction of sp³-hybridized carbons (Fsp3) is 0.0370. The number of furan rings is 1. The number of esters is 1. The average Bonchev–Trinajstić information content (AvgIpc) is 3.37. The summed E-state index contributed by atoms with van der Waals surface area (Å²) in [4.78, 5) is 30.0. The van der Waals surface area contributed by atoms with Crippen LogP contribution in [0.2, 0.25) is 0 Å². The van der Waals surface area contributed by atoms with Gasteiger partial charge >= 0.3 is 5.97 Å². The second-order valence-corrected chi connectivity index (χ2v) is 7.42. The van der Waals surface area contributed by atoms with E-state index in [2.05, 4.69) is 10.1 Å². The van der Waals surface area contributed by atoms with Crippen LogP contribution < -0.4 is 5.56 Å². The summed E-state index contributed by atoms with van der Waals surface area (Å²) in [5.41, 5.74) is 2.06. The summed E-state index contributed by atoms with van der Waals surface area (Å²) < 4.78 is 12.0. The molecule has 5 rings (SSSR count).